The fourth-order valence-electron chi connectivity index (χ4n) is 3.28. The third-order valence-corrected chi connectivity index (χ3v) is 4.45. The highest BCUT2D eigenvalue weighted by atomic mass is 19.4. The van der Waals surface area contributed by atoms with Crippen LogP contribution in [0.5, 0.6) is 0 Å². The van der Waals surface area contributed by atoms with Gasteiger partial charge in [0.2, 0.25) is 0 Å². The van der Waals surface area contributed by atoms with Crippen LogP contribution in [0.15, 0.2) is 36.5 Å². The first-order chi connectivity index (χ1) is 11.7. The lowest BCUT2D eigenvalue weighted by Crippen LogP contribution is -2.33. The summed E-state index contributed by atoms with van der Waals surface area (Å²) in [6.45, 7) is 3.68. The summed E-state index contributed by atoms with van der Waals surface area (Å²) in [5.41, 5.74) is 0.871. The highest BCUT2D eigenvalue weighted by Gasteiger charge is 2.37. The summed E-state index contributed by atoms with van der Waals surface area (Å²) in [4.78, 5) is 19.2. The molecule has 128 valence electrons. The molecule has 0 atom stereocenters. The number of hydrogen-bond acceptors (Lipinski definition) is 2. The largest absolute Gasteiger partial charge is 0.418 e. The van der Waals surface area contributed by atoms with Gasteiger partial charge in [-0.15, -0.1) is 0 Å². The number of carbonyl (C=O) groups excluding carboxylic acids is 1. The minimum Gasteiger partial charge on any atom is -0.360 e. The Morgan fingerprint density at radius 3 is 2.56 bits per heavy atom. The van der Waals surface area contributed by atoms with Gasteiger partial charge in [0.25, 0.3) is 5.91 Å². The molecule has 0 radical (unpaired) electrons. The quantitative estimate of drug-likeness (QED) is 0.693. The van der Waals surface area contributed by atoms with Crippen LogP contribution in [0.1, 0.15) is 35.5 Å². The molecule has 4 rings (SSSR count). The maximum Gasteiger partial charge on any atom is 0.418 e. The molecule has 0 saturated heterocycles. The molecule has 0 bridgehead atoms. The van der Waals surface area contributed by atoms with Crippen molar-refractivity contribution in [2.24, 2.45) is 0 Å². The average Bonchev–Trinajstić information content (AvgIpc) is 3.05. The van der Waals surface area contributed by atoms with Crippen LogP contribution in [-0.2, 0) is 11.7 Å². The van der Waals surface area contributed by atoms with E-state index in [1.807, 2.05) is 13.8 Å². The van der Waals surface area contributed by atoms with E-state index in [0.717, 1.165) is 6.07 Å². The lowest BCUT2D eigenvalue weighted by Gasteiger charge is -2.18. The van der Waals surface area contributed by atoms with Crippen molar-refractivity contribution in [2.45, 2.75) is 25.6 Å². The van der Waals surface area contributed by atoms with Crippen molar-refractivity contribution in [3.8, 4) is 11.3 Å². The molecule has 0 aliphatic carbocycles. The maximum atomic E-state index is 13.2. The summed E-state index contributed by atoms with van der Waals surface area (Å²) in [6.07, 6.45) is -2.92. The minimum atomic E-state index is -4.44. The molecule has 1 aromatic carbocycles. The molecule has 2 aromatic heterocycles. The average molecular weight is 345 g/mol. The van der Waals surface area contributed by atoms with Gasteiger partial charge in [0.15, 0.2) is 0 Å². The van der Waals surface area contributed by atoms with Gasteiger partial charge in [0.1, 0.15) is 0 Å². The Morgan fingerprint density at radius 1 is 1.08 bits per heavy atom. The topological polar surface area (TPSA) is 57.8 Å². The molecule has 0 fully saturated rings. The van der Waals surface area contributed by atoms with Crippen LogP contribution in [0.3, 0.4) is 0 Å². The highest BCUT2D eigenvalue weighted by Crippen LogP contribution is 2.38. The minimum absolute atomic E-state index is 0.0285. The van der Waals surface area contributed by atoms with Gasteiger partial charge in [-0.2, -0.15) is 13.2 Å². The zero-order valence-electron chi connectivity index (χ0n) is 13.5. The molecular formula is C18H14F3N3O. The van der Waals surface area contributed by atoms with E-state index in [-0.39, 0.29) is 11.4 Å². The summed E-state index contributed by atoms with van der Waals surface area (Å²) in [5, 5.41) is 3.28. The van der Waals surface area contributed by atoms with Gasteiger partial charge in [-0.25, -0.2) is 4.98 Å². The van der Waals surface area contributed by atoms with Crippen molar-refractivity contribution >= 4 is 16.8 Å². The molecular weight excluding hydrogens is 331 g/mol. The summed E-state index contributed by atoms with van der Waals surface area (Å²) >= 11 is 0. The van der Waals surface area contributed by atoms with Gasteiger partial charge in [0.05, 0.1) is 33.6 Å². The van der Waals surface area contributed by atoms with Crippen molar-refractivity contribution < 1.29 is 18.0 Å². The van der Waals surface area contributed by atoms with Crippen LogP contribution in [0.4, 0.5) is 13.2 Å². The first-order valence-electron chi connectivity index (χ1n) is 7.70. The van der Waals surface area contributed by atoms with Crippen molar-refractivity contribution in [3.05, 3.63) is 53.3 Å². The first kappa shape index (κ1) is 15.7. The van der Waals surface area contributed by atoms with Crippen molar-refractivity contribution in [1.29, 1.82) is 0 Å². The summed E-state index contributed by atoms with van der Waals surface area (Å²) in [5.74, 6) is -0.197. The molecule has 3 heterocycles. The number of nitrogens with one attached hydrogen (secondary N) is 2. The second-order valence-electron chi connectivity index (χ2n) is 6.60. The number of para-hydroxylation sites is 1. The lowest BCUT2D eigenvalue weighted by molar-refractivity contribution is -0.136. The van der Waals surface area contributed by atoms with E-state index in [1.165, 1.54) is 12.3 Å². The van der Waals surface area contributed by atoms with Gasteiger partial charge >= 0.3 is 6.18 Å². The molecule has 25 heavy (non-hydrogen) atoms. The number of fused-ring (bicyclic) bond motifs is 2. The van der Waals surface area contributed by atoms with Crippen LogP contribution < -0.4 is 5.32 Å². The van der Waals surface area contributed by atoms with Crippen LogP contribution in [0.2, 0.25) is 0 Å². The number of H-pyrrole nitrogens is 1. The fraction of sp³-hybridized carbons (Fsp3) is 0.222. The Balaban J connectivity index is 1.92. The van der Waals surface area contributed by atoms with Gasteiger partial charge in [-0.3, -0.25) is 4.79 Å². The Kier molecular flexibility index (Phi) is 3.04. The van der Waals surface area contributed by atoms with E-state index >= 15 is 0 Å². The van der Waals surface area contributed by atoms with Gasteiger partial charge in [0, 0.05) is 17.1 Å². The zero-order valence-corrected chi connectivity index (χ0v) is 13.5. The van der Waals surface area contributed by atoms with Crippen molar-refractivity contribution in [2.75, 3.05) is 0 Å². The molecule has 0 saturated carbocycles. The Labute approximate surface area is 141 Å². The predicted molar refractivity (Wildman–Crippen MR) is 87.0 cm³/mol. The number of nitrogens with zero attached hydrogens (tertiary/aromatic N) is 1. The van der Waals surface area contributed by atoms with E-state index in [2.05, 4.69) is 15.3 Å². The fourth-order valence-corrected chi connectivity index (χ4v) is 3.28. The van der Waals surface area contributed by atoms with Crippen LogP contribution >= 0.6 is 0 Å². The first-order valence-corrected chi connectivity index (χ1v) is 7.70. The molecule has 0 spiro atoms. The lowest BCUT2D eigenvalue weighted by atomic mass is 9.99. The number of halogens is 3. The number of benzene rings is 1. The van der Waals surface area contributed by atoms with Crippen LogP contribution in [0.25, 0.3) is 22.2 Å². The van der Waals surface area contributed by atoms with Crippen LogP contribution in [-0.4, -0.2) is 15.9 Å². The highest BCUT2D eigenvalue weighted by molar-refractivity contribution is 6.01. The molecule has 3 aromatic rings. The number of aromatic nitrogens is 2. The predicted octanol–water partition coefficient (Wildman–Crippen LogP) is 4.23. The molecule has 1 aliphatic heterocycles. The van der Waals surface area contributed by atoms with Crippen LogP contribution in [0, 0.1) is 0 Å². The maximum absolute atomic E-state index is 13.2. The van der Waals surface area contributed by atoms with Gasteiger partial charge < -0.3 is 10.3 Å². The van der Waals surface area contributed by atoms with E-state index in [0.29, 0.717) is 27.9 Å². The number of carbonyl (C=O) groups is 1. The number of rotatable bonds is 1. The second-order valence-corrected chi connectivity index (χ2v) is 6.60. The molecule has 0 unspecified atom stereocenters. The van der Waals surface area contributed by atoms with E-state index < -0.39 is 17.3 Å². The number of pyridine rings is 1. The SMILES string of the molecule is CC1(C)NC(=O)c2ccc(-c3c[nH]c4c(C(F)(F)F)cccc34)nc21. The van der Waals surface area contributed by atoms with E-state index in [1.54, 1.807) is 18.2 Å². The monoisotopic (exact) mass is 345 g/mol. The Hall–Kier alpha value is -2.83. The van der Waals surface area contributed by atoms with Crippen molar-refractivity contribution in [3.63, 3.8) is 0 Å². The Morgan fingerprint density at radius 2 is 1.84 bits per heavy atom. The number of alkyl halides is 3. The molecule has 1 aliphatic rings. The second kappa shape index (κ2) is 4.84. The third kappa shape index (κ3) is 2.30. The van der Waals surface area contributed by atoms with E-state index in [9.17, 15) is 18.0 Å². The zero-order chi connectivity index (χ0) is 18.0. The van der Waals surface area contributed by atoms with Gasteiger partial charge in [-0.05, 0) is 32.0 Å². The number of aromatic amines is 1. The molecule has 7 heteroatoms. The Bertz CT molecular complexity index is 1020. The standard InChI is InChI=1S/C18H14F3N3O/c1-17(2)15-10(16(25)24-17)6-7-13(23-15)11-8-22-14-9(11)4-3-5-12(14)18(19,20)21/h3-8,22H,1-2H3,(H,24,25). The molecule has 2 N–H and O–H groups in total. The van der Waals surface area contributed by atoms with Crippen molar-refractivity contribution in [1.82, 2.24) is 15.3 Å². The normalized spacial score (nSPS) is 16.1. The summed E-state index contributed by atoms with van der Waals surface area (Å²) < 4.78 is 39.5. The van der Waals surface area contributed by atoms with E-state index in [4.69, 9.17) is 0 Å². The summed E-state index contributed by atoms with van der Waals surface area (Å²) in [7, 11) is 0. The number of amides is 1. The molecule has 4 nitrogen and oxygen atoms in total. The smallest absolute Gasteiger partial charge is 0.360 e. The number of hydrogen-bond donors (Lipinski definition) is 2. The summed E-state index contributed by atoms with van der Waals surface area (Å²) in [6, 6.07) is 7.37. The molecule has 1 amide bonds. The van der Waals surface area contributed by atoms with Gasteiger partial charge in [-0.1, -0.05) is 12.1 Å². The third-order valence-electron chi connectivity index (χ3n) is 4.45.